The van der Waals surface area contributed by atoms with E-state index in [4.69, 9.17) is 15.0 Å². The van der Waals surface area contributed by atoms with Crippen molar-refractivity contribution in [2.24, 2.45) is 5.73 Å². The van der Waals surface area contributed by atoms with Gasteiger partial charge < -0.3 is 10.8 Å². The molecule has 0 heterocycles. The zero-order valence-corrected chi connectivity index (χ0v) is 3.73. The van der Waals surface area contributed by atoms with Crippen LogP contribution in [0.1, 0.15) is 17.9 Å². The molecule has 0 bridgehead atoms. The molecule has 38 valence electrons. The second-order valence-electron chi connectivity index (χ2n) is 1.48. The minimum Gasteiger partial charge on any atom is -0.389 e. The van der Waals surface area contributed by atoms with Gasteiger partial charge in [0.1, 0.15) is 0 Å². The van der Waals surface area contributed by atoms with Gasteiger partial charge in [-0.25, -0.2) is 0 Å². The van der Waals surface area contributed by atoms with Gasteiger partial charge in [-0.05, 0) is 13.8 Å². The topological polar surface area (TPSA) is 46.2 Å². The van der Waals surface area contributed by atoms with Crippen LogP contribution in [-0.4, -0.2) is 17.3 Å². The Kier molecular flexibility index (Phi) is 0.601. The summed E-state index contributed by atoms with van der Waals surface area (Å²) in [7, 11) is 0. The molecular weight excluding hydrogens is 78.1 g/mol. The van der Waals surface area contributed by atoms with Crippen molar-refractivity contribution in [3.8, 4) is 0 Å². The number of aliphatic hydroxyl groups is 1. The lowest BCUT2D eigenvalue weighted by atomic mass is 10.1. The van der Waals surface area contributed by atoms with E-state index in [-0.39, 0.29) is 6.54 Å². The van der Waals surface area contributed by atoms with Crippen LogP contribution in [0.2, 0.25) is 0 Å². The van der Waals surface area contributed by atoms with Gasteiger partial charge in [-0.3, -0.25) is 0 Å². The van der Waals surface area contributed by atoms with Gasteiger partial charge in [0.25, 0.3) is 0 Å². The fourth-order valence-electron chi connectivity index (χ4n) is 0. The Bertz CT molecular complexity index is 98.5. The van der Waals surface area contributed by atoms with E-state index in [1.54, 1.807) is 0 Å². The van der Waals surface area contributed by atoms with Crippen molar-refractivity contribution in [1.29, 1.82) is 0 Å². The predicted octanol–water partition coefficient (Wildman–Crippen LogP) is -0.284. The van der Waals surface area contributed by atoms with Crippen molar-refractivity contribution < 1.29 is 9.22 Å². The molecule has 0 saturated heterocycles. The van der Waals surface area contributed by atoms with Crippen LogP contribution in [0.15, 0.2) is 0 Å². The normalized spacial score (nSPS) is 29.5. The van der Waals surface area contributed by atoms with Crippen molar-refractivity contribution in [3.63, 3.8) is 0 Å². The Labute approximate surface area is 42.2 Å². The lowest BCUT2D eigenvalue weighted by Crippen LogP contribution is -2.29. The molecule has 3 N–H and O–H groups in total. The monoisotopic (exact) mass is 92.1 g/mol. The average Bonchev–Trinajstić information content (AvgIpc) is 1.64. The summed E-state index contributed by atoms with van der Waals surface area (Å²) in [6.07, 6.45) is 0. The molecule has 0 aliphatic carbocycles. The molecule has 0 saturated carbocycles. The third kappa shape index (κ3) is 3.92. The van der Waals surface area contributed by atoms with E-state index in [1.807, 2.05) is 0 Å². The molecule has 1 unspecified atom stereocenters. The quantitative estimate of drug-likeness (QED) is 0.467. The van der Waals surface area contributed by atoms with Crippen LogP contribution in [0.25, 0.3) is 0 Å². The van der Waals surface area contributed by atoms with Crippen LogP contribution in [0.5, 0.6) is 0 Å². The molecule has 0 rings (SSSR count). The highest BCUT2D eigenvalue weighted by Gasteiger charge is 2.06. The van der Waals surface area contributed by atoms with Gasteiger partial charge in [-0.2, -0.15) is 0 Å². The Hall–Kier alpha value is -0.0800. The van der Waals surface area contributed by atoms with E-state index in [9.17, 15) is 0 Å². The lowest BCUT2D eigenvalue weighted by Gasteiger charge is -2.11. The minimum atomic E-state index is -2.37. The molecule has 1 atom stereocenters. The van der Waals surface area contributed by atoms with Crippen LogP contribution in [0.4, 0.5) is 0 Å². The first kappa shape index (κ1) is 2.28. The van der Waals surface area contributed by atoms with Crippen LogP contribution in [0, 0.1) is 0 Å². The minimum absolute atomic E-state index is 0.247. The highest BCUT2D eigenvalue weighted by molar-refractivity contribution is 4.63. The first-order valence-electron chi connectivity index (χ1n) is 3.24. The molecule has 0 aliphatic rings. The Balaban J connectivity index is 4.14. The molecule has 0 aromatic rings. The van der Waals surface area contributed by atoms with Crippen molar-refractivity contribution in [3.05, 3.63) is 0 Å². The van der Waals surface area contributed by atoms with E-state index in [0.717, 1.165) is 0 Å². The van der Waals surface area contributed by atoms with Crippen molar-refractivity contribution in [1.82, 2.24) is 0 Å². The molecule has 0 spiro atoms. The molecule has 6 heavy (non-hydrogen) atoms. The first-order chi connectivity index (χ1) is 3.81. The highest BCUT2D eigenvalue weighted by atomic mass is 16.3. The summed E-state index contributed by atoms with van der Waals surface area (Å²) in [5.41, 5.74) is 3.24. The van der Waals surface area contributed by atoms with Crippen LogP contribution in [-0.2, 0) is 0 Å². The maximum Gasteiger partial charge on any atom is 0.0713 e. The fraction of sp³-hybridized carbons (Fsp3) is 1.00. The predicted molar refractivity (Wildman–Crippen MR) is 25.4 cm³/mol. The summed E-state index contributed by atoms with van der Waals surface area (Å²) in [5, 5.41) is 8.97. The van der Waals surface area contributed by atoms with Gasteiger partial charge in [0.2, 0.25) is 0 Å². The largest absolute Gasteiger partial charge is 0.389 e. The first-order valence-corrected chi connectivity index (χ1v) is 1.74. The number of nitrogens with two attached hydrogens (primary N) is 1. The molecule has 2 heteroatoms. The second kappa shape index (κ2) is 1.58. The van der Waals surface area contributed by atoms with Crippen molar-refractivity contribution in [2.45, 2.75) is 19.4 Å². The summed E-state index contributed by atoms with van der Waals surface area (Å²) in [6, 6.07) is 0. The standard InChI is InChI=1S/C4H11NO/c1-4(2,6)3-5/h6H,3,5H2,1-2H3/i1D3. The summed E-state index contributed by atoms with van der Waals surface area (Å²) >= 11 is 0. The van der Waals surface area contributed by atoms with Gasteiger partial charge in [0, 0.05) is 10.7 Å². The van der Waals surface area contributed by atoms with E-state index in [0.29, 0.717) is 0 Å². The Morgan fingerprint density at radius 2 is 2.67 bits per heavy atom. The average molecular weight is 92.2 g/mol. The van der Waals surface area contributed by atoms with Crippen LogP contribution < -0.4 is 5.73 Å². The summed E-state index contributed by atoms with van der Waals surface area (Å²) in [6.45, 7) is -1.43. The van der Waals surface area contributed by atoms with E-state index in [1.165, 1.54) is 6.92 Å². The molecule has 0 amide bonds. The van der Waals surface area contributed by atoms with Gasteiger partial charge in [-0.15, -0.1) is 0 Å². The summed E-state index contributed by atoms with van der Waals surface area (Å²) < 4.78 is 20.2. The summed E-state index contributed by atoms with van der Waals surface area (Å²) in [5.74, 6) is 0. The Morgan fingerprint density at radius 3 is 2.67 bits per heavy atom. The molecule has 0 aliphatic heterocycles. The van der Waals surface area contributed by atoms with E-state index < -0.39 is 12.5 Å². The van der Waals surface area contributed by atoms with E-state index in [2.05, 4.69) is 0 Å². The lowest BCUT2D eigenvalue weighted by molar-refractivity contribution is 0.0898. The molecule has 0 aromatic heterocycles. The molecular formula is C4H11NO. The van der Waals surface area contributed by atoms with E-state index >= 15 is 0 Å². The van der Waals surface area contributed by atoms with Crippen LogP contribution in [0.3, 0.4) is 0 Å². The second-order valence-corrected chi connectivity index (χ2v) is 1.48. The smallest absolute Gasteiger partial charge is 0.0713 e. The maximum absolute atomic E-state index is 8.97. The molecule has 0 aromatic carbocycles. The molecule has 0 fully saturated rings. The summed E-state index contributed by atoms with van der Waals surface area (Å²) in [4.78, 5) is 0. The van der Waals surface area contributed by atoms with Gasteiger partial charge in [0.05, 0.1) is 5.60 Å². The van der Waals surface area contributed by atoms with Crippen LogP contribution >= 0.6 is 0 Å². The molecule has 0 radical (unpaired) electrons. The van der Waals surface area contributed by atoms with Crippen molar-refractivity contribution >= 4 is 0 Å². The SMILES string of the molecule is [2H]C([2H])([2H])C(C)(O)CN. The maximum atomic E-state index is 8.97. The highest BCUT2D eigenvalue weighted by Crippen LogP contribution is 1.93. The number of hydrogen-bond donors (Lipinski definition) is 2. The molecule has 2 nitrogen and oxygen atoms in total. The fourth-order valence-corrected chi connectivity index (χ4v) is 0. The van der Waals surface area contributed by atoms with Crippen molar-refractivity contribution in [2.75, 3.05) is 6.54 Å². The number of rotatable bonds is 1. The zero-order valence-electron chi connectivity index (χ0n) is 6.73. The van der Waals surface area contributed by atoms with Gasteiger partial charge in [-0.1, -0.05) is 0 Å². The van der Waals surface area contributed by atoms with Gasteiger partial charge >= 0.3 is 0 Å². The third-order valence-electron chi connectivity index (χ3n) is 0.397. The zero-order chi connectivity index (χ0) is 7.71. The third-order valence-corrected chi connectivity index (χ3v) is 0.397. The number of hydrogen-bond acceptors (Lipinski definition) is 2. The van der Waals surface area contributed by atoms with Gasteiger partial charge in [0.15, 0.2) is 0 Å². The Morgan fingerprint density at radius 1 is 2.17 bits per heavy atom.